The molecule has 2 aromatic carbocycles. The quantitative estimate of drug-likeness (QED) is 0.847. The number of carbonyl (C=O) groups is 1. The second-order valence-corrected chi connectivity index (χ2v) is 4.69. The highest BCUT2D eigenvalue weighted by atomic mass is 19.4. The monoisotopic (exact) mass is 357 g/mol. The number of carboxylic acid groups (broad SMARTS) is 1. The Hall–Kier alpha value is -2.74. The van der Waals surface area contributed by atoms with Gasteiger partial charge >= 0.3 is 12.1 Å². The number of rotatable bonds is 5. The van der Waals surface area contributed by atoms with Crippen molar-refractivity contribution in [3.8, 4) is 17.2 Å². The first-order valence-electron chi connectivity index (χ1n) is 7.18. The van der Waals surface area contributed by atoms with E-state index < -0.39 is 23.8 Å². The normalized spacial score (nSPS) is 11.8. The number of alkyl halides is 3. The van der Waals surface area contributed by atoms with Crippen molar-refractivity contribution in [2.24, 2.45) is 5.73 Å². The molecule has 0 saturated heterocycles. The topological polar surface area (TPSA) is 81.8 Å². The second-order valence-electron chi connectivity index (χ2n) is 4.69. The molecule has 0 aliphatic heterocycles. The van der Waals surface area contributed by atoms with Gasteiger partial charge in [0.05, 0.1) is 5.56 Å². The van der Waals surface area contributed by atoms with E-state index in [1.165, 1.54) is 50.4 Å². The number of carboxylic acids is 1. The molecule has 136 valence electrons. The van der Waals surface area contributed by atoms with Gasteiger partial charge in [-0.25, -0.2) is 4.79 Å². The van der Waals surface area contributed by atoms with Crippen LogP contribution in [-0.2, 0) is 11.0 Å². The predicted octanol–water partition coefficient (Wildman–Crippen LogP) is 3.92. The molecule has 0 bridgehead atoms. The summed E-state index contributed by atoms with van der Waals surface area (Å²) in [7, 11) is 1.50. The van der Waals surface area contributed by atoms with Crippen LogP contribution in [0.5, 0.6) is 17.2 Å². The Kier molecular flexibility index (Phi) is 7.25. The van der Waals surface area contributed by atoms with Crippen molar-refractivity contribution < 1.29 is 32.5 Å². The molecule has 8 heteroatoms. The van der Waals surface area contributed by atoms with Crippen LogP contribution in [0, 0.1) is 0 Å². The van der Waals surface area contributed by atoms with Gasteiger partial charge < -0.3 is 20.3 Å². The Morgan fingerprint density at radius 1 is 0.960 bits per heavy atom. The molecule has 1 atom stereocenters. The van der Waals surface area contributed by atoms with Crippen molar-refractivity contribution in [2.75, 3.05) is 7.05 Å². The number of benzene rings is 2. The van der Waals surface area contributed by atoms with Crippen LogP contribution < -0.4 is 15.2 Å². The average Bonchev–Trinajstić information content (AvgIpc) is 2.58. The fourth-order valence-electron chi connectivity index (χ4n) is 1.69. The smallest absolute Gasteiger partial charge is 0.416 e. The van der Waals surface area contributed by atoms with Crippen LogP contribution in [0.25, 0.3) is 0 Å². The summed E-state index contributed by atoms with van der Waals surface area (Å²) in [6.45, 7) is 1.40. The first-order chi connectivity index (χ1) is 11.8. The molecule has 0 amide bonds. The van der Waals surface area contributed by atoms with E-state index in [9.17, 15) is 18.0 Å². The minimum atomic E-state index is -4.39. The number of ether oxygens (including phenoxy) is 2. The van der Waals surface area contributed by atoms with Crippen LogP contribution in [0.2, 0.25) is 0 Å². The molecule has 0 spiro atoms. The van der Waals surface area contributed by atoms with Crippen molar-refractivity contribution in [1.82, 2.24) is 0 Å². The van der Waals surface area contributed by atoms with E-state index >= 15 is 0 Å². The summed E-state index contributed by atoms with van der Waals surface area (Å²) in [5, 5.41) is 8.74. The van der Waals surface area contributed by atoms with Crippen LogP contribution >= 0.6 is 0 Å². The summed E-state index contributed by atoms with van der Waals surface area (Å²) in [6.07, 6.45) is -5.38. The molecule has 0 aliphatic carbocycles. The third kappa shape index (κ3) is 6.34. The van der Waals surface area contributed by atoms with E-state index in [2.05, 4.69) is 5.73 Å². The Balaban J connectivity index is 0.00000151. The van der Waals surface area contributed by atoms with Crippen LogP contribution in [0.1, 0.15) is 12.5 Å². The number of aliphatic carboxylic acids is 1. The lowest BCUT2D eigenvalue weighted by molar-refractivity contribution is -0.144. The molecule has 0 unspecified atom stereocenters. The molecule has 2 aromatic rings. The molecule has 2 rings (SSSR count). The maximum absolute atomic E-state index is 12.5. The van der Waals surface area contributed by atoms with E-state index in [4.69, 9.17) is 14.6 Å². The summed E-state index contributed by atoms with van der Waals surface area (Å²) in [6, 6.07) is 10.4. The Morgan fingerprint density at radius 3 is 1.76 bits per heavy atom. The molecule has 0 aliphatic rings. The molecule has 0 heterocycles. The van der Waals surface area contributed by atoms with Gasteiger partial charge in [0.1, 0.15) is 17.2 Å². The summed E-state index contributed by atoms with van der Waals surface area (Å²) in [4.78, 5) is 10.7. The largest absolute Gasteiger partial charge is 0.479 e. The standard InChI is InChI=1S/C16H13F3O4.CH5N/c1-10(15(20)21)22-12-6-8-14(9-7-12)23-13-4-2-11(3-5-13)16(17,18)19;1-2/h2-10H,1H3,(H,20,21);2H2,1H3/t10-;/m1./s1. The minimum Gasteiger partial charge on any atom is -0.479 e. The predicted molar refractivity (Wildman–Crippen MR) is 85.8 cm³/mol. The van der Waals surface area contributed by atoms with E-state index in [1.54, 1.807) is 0 Å². The highest BCUT2D eigenvalue weighted by molar-refractivity contribution is 5.72. The highest BCUT2D eigenvalue weighted by Gasteiger charge is 2.30. The first kappa shape index (κ1) is 20.3. The van der Waals surface area contributed by atoms with Gasteiger partial charge in [0.2, 0.25) is 0 Å². The maximum Gasteiger partial charge on any atom is 0.416 e. The summed E-state index contributed by atoms with van der Waals surface area (Å²) in [5.41, 5.74) is 3.75. The summed E-state index contributed by atoms with van der Waals surface area (Å²) >= 11 is 0. The van der Waals surface area contributed by atoms with Crippen molar-refractivity contribution in [3.63, 3.8) is 0 Å². The van der Waals surface area contributed by atoms with Gasteiger partial charge in [-0.05, 0) is 62.5 Å². The number of nitrogens with two attached hydrogens (primary N) is 1. The fourth-order valence-corrected chi connectivity index (χ4v) is 1.69. The van der Waals surface area contributed by atoms with Gasteiger partial charge in [-0.2, -0.15) is 13.2 Å². The molecule has 5 nitrogen and oxygen atoms in total. The maximum atomic E-state index is 12.5. The zero-order valence-corrected chi connectivity index (χ0v) is 13.6. The highest BCUT2D eigenvalue weighted by Crippen LogP contribution is 2.31. The Morgan fingerprint density at radius 2 is 1.36 bits per heavy atom. The Labute approximate surface area is 142 Å². The molecule has 3 N–H and O–H groups in total. The average molecular weight is 357 g/mol. The van der Waals surface area contributed by atoms with E-state index in [0.29, 0.717) is 11.5 Å². The van der Waals surface area contributed by atoms with Crippen LogP contribution in [0.4, 0.5) is 13.2 Å². The number of hydrogen-bond donors (Lipinski definition) is 2. The molecular weight excluding hydrogens is 339 g/mol. The fraction of sp³-hybridized carbons (Fsp3) is 0.235. The molecule has 0 aromatic heterocycles. The summed E-state index contributed by atoms with van der Waals surface area (Å²) < 4.78 is 47.9. The van der Waals surface area contributed by atoms with Gasteiger partial charge in [0.15, 0.2) is 6.10 Å². The SMILES string of the molecule is CN.C[C@@H](Oc1ccc(Oc2ccc(C(F)(F)F)cc2)cc1)C(=O)O. The van der Waals surface area contributed by atoms with Crippen molar-refractivity contribution in [3.05, 3.63) is 54.1 Å². The zero-order valence-electron chi connectivity index (χ0n) is 13.6. The van der Waals surface area contributed by atoms with E-state index in [0.717, 1.165) is 12.1 Å². The minimum absolute atomic E-state index is 0.255. The van der Waals surface area contributed by atoms with E-state index in [-0.39, 0.29) is 5.75 Å². The lowest BCUT2D eigenvalue weighted by Crippen LogP contribution is -2.22. The first-order valence-corrected chi connectivity index (χ1v) is 7.18. The Bertz CT molecular complexity index is 670. The van der Waals surface area contributed by atoms with Crippen molar-refractivity contribution >= 4 is 5.97 Å². The molecule has 0 fully saturated rings. The third-order valence-corrected chi connectivity index (χ3v) is 2.90. The van der Waals surface area contributed by atoms with Gasteiger partial charge in [-0.1, -0.05) is 0 Å². The van der Waals surface area contributed by atoms with Crippen molar-refractivity contribution in [2.45, 2.75) is 19.2 Å². The van der Waals surface area contributed by atoms with Gasteiger partial charge in [0, 0.05) is 0 Å². The zero-order chi connectivity index (χ0) is 19.0. The second kappa shape index (κ2) is 8.93. The van der Waals surface area contributed by atoms with Crippen LogP contribution in [-0.4, -0.2) is 24.2 Å². The molecule has 25 heavy (non-hydrogen) atoms. The van der Waals surface area contributed by atoms with Gasteiger partial charge in [0.25, 0.3) is 0 Å². The number of hydrogen-bond acceptors (Lipinski definition) is 4. The van der Waals surface area contributed by atoms with E-state index in [1.807, 2.05) is 0 Å². The van der Waals surface area contributed by atoms with Crippen LogP contribution in [0.15, 0.2) is 48.5 Å². The van der Waals surface area contributed by atoms with Crippen LogP contribution in [0.3, 0.4) is 0 Å². The van der Waals surface area contributed by atoms with Crippen molar-refractivity contribution in [1.29, 1.82) is 0 Å². The molecule has 0 saturated carbocycles. The third-order valence-electron chi connectivity index (χ3n) is 2.90. The summed E-state index contributed by atoms with van der Waals surface area (Å²) in [5.74, 6) is -0.0968. The lowest BCUT2D eigenvalue weighted by atomic mass is 10.2. The lowest BCUT2D eigenvalue weighted by Gasteiger charge is -2.11. The number of halogens is 3. The molecular formula is C17H18F3NO4. The van der Waals surface area contributed by atoms with Gasteiger partial charge in [-0.15, -0.1) is 0 Å². The molecule has 0 radical (unpaired) electrons. The van der Waals surface area contributed by atoms with Gasteiger partial charge in [-0.3, -0.25) is 0 Å².